The summed E-state index contributed by atoms with van der Waals surface area (Å²) in [6.07, 6.45) is 0.718. The number of esters is 1. The van der Waals surface area contributed by atoms with Crippen molar-refractivity contribution < 1.29 is 22.7 Å². The number of aromatic nitrogens is 1. The molecule has 0 aliphatic carbocycles. The molecule has 114 valence electrons. The maximum Gasteiger partial charge on any atom is 0.441 e. The molecule has 0 aliphatic heterocycles. The van der Waals surface area contributed by atoms with Crippen molar-refractivity contribution in [2.24, 2.45) is 0 Å². The Morgan fingerprint density at radius 1 is 1.55 bits per heavy atom. The van der Waals surface area contributed by atoms with Crippen molar-refractivity contribution >= 4 is 34.2 Å². The summed E-state index contributed by atoms with van der Waals surface area (Å²) in [6.45, 7) is 2.27. The lowest BCUT2D eigenvalue weighted by molar-refractivity contribution is -0.143. The summed E-state index contributed by atoms with van der Waals surface area (Å²) in [5, 5.41) is 5.16. The molecule has 1 heterocycles. The molecule has 0 spiro atoms. The molecular weight excluding hydrogens is 313 g/mol. The van der Waals surface area contributed by atoms with E-state index in [9.17, 15) is 18.0 Å². The van der Waals surface area contributed by atoms with Crippen LogP contribution in [0, 0.1) is 0 Å². The number of hydrogen-bond donors (Lipinski definition) is 1. The Bertz CT molecular complexity index is 424. The number of carbonyl (C=O) groups excluding carboxylic acids is 1. The summed E-state index contributed by atoms with van der Waals surface area (Å²) in [5.41, 5.74) is -3.47. The molecule has 9 heteroatoms. The second-order valence-corrected chi connectivity index (χ2v) is 5.69. The number of thiazole rings is 1. The molecule has 1 rings (SSSR count). The van der Waals surface area contributed by atoms with Crippen molar-refractivity contribution in [3.05, 3.63) is 11.1 Å². The summed E-state index contributed by atoms with van der Waals surface area (Å²) in [6, 6.07) is 0. The molecule has 1 aromatic rings. The van der Waals surface area contributed by atoms with Gasteiger partial charge >= 0.3 is 11.5 Å². The van der Waals surface area contributed by atoms with Crippen LogP contribution in [0.2, 0.25) is 0 Å². The van der Waals surface area contributed by atoms with Gasteiger partial charge in [0.1, 0.15) is 0 Å². The van der Waals surface area contributed by atoms with E-state index in [0.717, 1.165) is 5.69 Å². The van der Waals surface area contributed by atoms with Crippen LogP contribution < -0.4 is 5.32 Å². The number of carbonyl (C=O) groups is 1. The highest BCUT2D eigenvalue weighted by Crippen LogP contribution is 2.29. The van der Waals surface area contributed by atoms with Crippen LogP contribution in [-0.2, 0) is 16.0 Å². The lowest BCUT2D eigenvalue weighted by atomic mass is 10.2. The topological polar surface area (TPSA) is 51.2 Å². The number of anilines is 1. The van der Waals surface area contributed by atoms with Crippen molar-refractivity contribution in [3.8, 4) is 0 Å². The summed E-state index contributed by atoms with van der Waals surface area (Å²) in [4.78, 5) is 15.3. The summed E-state index contributed by atoms with van der Waals surface area (Å²) >= 11 is 1.24. The average Bonchev–Trinajstić information content (AvgIpc) is 2.79. The van der Waals surface area contributed by atoms with Gasteiger partial charge in [-0.3, -0.25) is 4.79 Å². The number of nitrogens with zero attached hydrogens (tertiary/aromatic N) is 1. The zero-order chi connectivity index (χ0) is 15.0. The number of alkyl halides is 3. The summed E-state index contributed by atoms with van der Waals surface area (Å²) in [7, 11) is 0. The molecule has 20 heavy (non-hydrogen) atoms. The fourth-order valence-corrected chi connectivity index (χ4v) is 2.50. The maximum absolute atomic E-state index is 11.9. The van der Waals surface area contributed by atoms with E-state index in [4.69, 9.17) is 4.74 Å². The summed E-state index contributed by atoms with van der Waals surface area (Å²) < 4.78 is 40.5. The zero-order valence-corrected chi connectivity index (χ0v) is 12.5. The Labute approximate surface area is 123 Å². The third-order valence-corrected chi connectivity index (χ3v) is 3.67. The van der Waals surface area contributed by atoms with Gasteiger partial charge in [0.05, 0.1) is 18.7 Å². The van der Waals surface area contributed by atoms with Gasteiger partial charge in [0.2, 0.25) is 0 Å². The SMILES string of the molecule is CCOC(=O)CCc1csc(NCCSC(F)(F)F)n1. The van der Waals surface area contributed by atoms with E-state index in [0.29, 0.717) is 18.2 Å². The molecule has 0 radical (unpaired) electrons. The molecule has 0 atom stereocenters. The minimum atomic E-state index is -4.20. The number of aryl methyl sites for hydroxylation is 1. The molecule has 0 fully saturated rings. The molecule has 0 bridgehead atoms. The lowest BCUT2D eigenvalue weighted by Crippen LogP contribution is -2.09. The van der Waals surface area contributed by atoms with Crippen LogP contribution in [0.5, 0.6) is 0 Å². The molecule has 0 amide bonds. The third-order valence-electron chi connectivity index (χ3n) is 2.09. The van der Waals surface area contributed by atoms with E-state index < -0.39 is 5.51 Å². The molecule has 0 saturated heterocycles. The lowest BCUT2D eigenvalue weighted by Gasteiger charge is -2.05. The van der Waals surface area contributed by atoms with Gasteiger partial charge in [-0.1, -0.05) is 0 Å². The molecule has 0 aromatic carbocycles. The Kier molecular flexibility index (Phi) is 7.14. The first-order chi connectivity index (χ1) is 9.40. The first-order valence-electron chi connectivity index (χ1n) is 5.95. The van der Waals surface area contributed by atoms with E-state index in [1.54, 1.807) is 12.3 Å². The number of ether oxygens (including phenoxy) is 1. The summed E-state index contributed by atoms with van der Waals surface area (Å²) in [5.74, 6) is -0.349. The van der Waals surface area contributed by atoms with Gasteiger partial charge in [-0.25, -0.2) is 4.98 Å². The van der Waals surface area contributed by atoms with Crippen LogP contribution in [0.15, 0.2) is 5.38 Å². The smallest absolute Gasteiger partial charge is 0.441 e. The Morgan fingerprint density at radius 2 is 2.30 bits per heavy atom. The quantitative estimate of drug-likeness (QED) is 0.586. The van der Waals surface area contributed by atoms with E-state index in [-0.39, 0.29) is 36.4 Å². The van der Waals surface area contributed by atoms with Gasteiger partial charge < -0.3 is 10.1 Å². The van der Waals surface area contributed by atoms with Crippen molar-refractivity contribution in [3.63, 3.8) is 0 Å². The van der Waals surface area contributed by atoms with Crippen LogP contribution in [0.25, 0.3) is 0 Å². The van der Waals surface area contributed by atoms with Crippen LogP contribution in [0.3, 0.4) is 0 Å². The largest absolute Gasteiger partial charge is 0.466 e. The van der Waals surface area contributed by atoms with Gasteiger partial charge in [-0.2, -0.15) is 13.2 Å². The highest BCUT2D eigenvalue weighted by Gasteiger charge is 2.27. The molecule has 0 saturated carbocycles. The van der Waals surface area contributed by atoms with E-state index >= 15 is 0 Å². The number of nitrogens with one attached hydrogen (secondary N) is 1. The Morgan fingerprint density at radius 3 is 2.95 bits per heavy atom. The highest BCUT2D eigenvalue weighted by atomic mass is 32.2. The molecule has 4 nitrogen and oxygen atoms in total. The second kappa shape index (κ2) is 8.35. The number of rotatable bonds is 8. The van der Waals surface area contributed by atoms with Crippen LogP contribution in [0.4, 0.5) is 18.3 Å². The first-order valence-corrected chi connectivity index (χ1v) is 7.82. The second-order valence-electron chi connectivity index (χ2n) is 3.67. The maximum atomic E-state index is 11.9. The molecule has 1 N–H and O–H groups in total. The minimum Gasteiger partial charge on any atom is -0.466 e. The molecule has 0 unspecified atom stereocenters. The molecular formula is C11H15F3N2O2S2. The van der Waals surface area contributed by atoms with Crippen molar-refractivity contribution in [1.29, 1.82) is 0 Å². The van der Waals surface area contributed by atoms with Crippen LogP contribution in [-0.4, -0.2) is 35.4 Å². The van der Waals surface area contributed by atoms with Crippen LogP contribution in [0.1, 0.15) is 19.0 Å². The Balaban J connectivity index is 2.24. The predicted molar refractivity (Wildman–Crippen MR) is 74.1 cm³/mol. The third kappa shape index (κ3) is 7.59. The fraction of sp³-hybridized carbons (Fsp3) is 0.636. The van der Waals surface area contributed by atoms with Gasteiger partial charge in [-0.05, 0) is 18.7 Å². The van der Waals surface area contributed by atoms with Crippen LogP contribution >= 0.6 is 23.1 Å². The minimum absolute atomic E-state index is 0.0676. The van der Waals surface area contributed by atoms with E-state index in [1.807, 2.05) is 0 Å². The monoisotopic (exact) mass is 328 g/mol. The number of thioether (sulfide) groups is 1. The van der Waals surface area contributed by atoms with Crippen molar-refractivity contribution in [2.45, 2.75) is 25.3 Å². The molecule has 1 aromatic heterocycles. The predicted octanol–water partition coefficient (Wildman–Crippen LogP) is 3.30. The standard InChI is InChI=1S/C11H15F3N2O2S2/c1-2-18-9(17)4-3-8-7-19-10(16-8)15-5-6-20-11(12,13)14/h7H,2-6H2,1H3,(H,15,16). The molecule has 0 aliphatic rings. The normalized spacial score (nSPS) is 11.4. The van der Waals surface area contributed by atoms with Gasteiger partial charge in [-0.15, -0.1) is 11.3 Å². The average molecular weight is 328 g/mol. The number of halogens is 3. The van der Waals surface area contributed by atoms with E-state index in [2.05, 4.69) is 10.3 Å². The van der Waals surface area contributed by atoms with Gasteiger partial charge in [0, 0.05) is 24.1 Å². The van der Waals surface area contributed by atoms with Crippen molar-refractivity contribution in [2.75, 3.05) is 24.2 Å². The fourth-order valence-electron chi connectivity index (χ4n) is 1.29. The number of hydrogen-bond acceptors (Lipinski definition) is 6. The first kappa shape index (κ1) is 17.1. The van der Waals surface area contributed by atoms with Gasteiger partial charge in [0.15, 0.2) is 5.13 Å². The Hall–Kier alpha value is -0.960. The zero-order valence-electron chi connectivity index (χ0n) is 10.8. The van der Waals surface area contributed by atoms with E-state index in [1.165, 1.54) is 11.3 Å². The van der Waals surface area contributed by atoms with Crippen molar-refractivity contribution in [1.82, 2.24) is 4.98 Å². The highest BCUT2D eigenvalue weighted by molar-refractivity contribution is 8.00. The van der Waals surface area contributed by atoms with Gasteiger partial charge in [0.25, 0.3) is 0 Å².